The smallest absolute Gasteiger partial charge is 0.0541 e. The van der Waals surface area contributed by atoms with E-state index < -0.39 is 0 Å². The maximum absolute atomic E-state index is 2.74. The first-order valence-electron chi connectivity index (χ1n) is 40.7. The van der Waals surface area contributed by atoms with Gasteiger partial charge in [-0.25, -0.2) is 0 Å². The molecule has 0 radical (unpaired) electrons. The molecule has 2 heteroatoms. The summed E-state index contributed by atoms with van der Waals surface area (Å²) in [6, 6.07) is 82.8. The van der Waals surface area contributed by atoms with Crippen molar-refractivity contribution in [1.29, 1.82) is 0 Å². The van der Waals surface area contributed by atoms with E-state index in [0.29, 0.717) is 0 Å². The van der Waals surface area contributed by atoms with Gasteiger partial charge in [0.25, 0.3) is 0 Å². The Morgan fingerprint density at radius 3 is 0.644 bits per heavy atom. The fourth-order valence-corrected chi connectivity index (χ4v) is 20.0. The second-order valence-electron chi connectivity index (χ2n) is 31.4. The standard InChI is InChI=1S/C99H112N2/c1-7-13-19-33-59-97(60-34-20-14-8-2)87-65-71(73-49-55-79-81-57-51-75(100-93-43-29-25-39-83(93)84-40-26-30-44-94(84)100)69-91(81)98(89(79)67-73,61-35-21-15-9-3)62-36-22-16-10-4)47-53-77(87)78-54-48-72(66-88(78)97)74-50-56-80-82-58-52-76(101-95-45-31-27-41-85(95)86-42-28-32-46-96(86)101)70-92(82)99(90(80)68-74,63-37-23-17-11-5)64-38-24-18-12-6/h25-32,39-58,65-70H,7-24,33-38,59-64H2,1-6H3. The lowest BCUT2D eigenvalue weighted by atomic mass is 9.69. The van der Waals surface area contributed by atoms with Crippen LogP contribution in [0.5, 0.6) is 0 Å². The Bertz CT molecular complexity index is 4460. The van der Waals surface area contributed by atoms with Crippen molar-refractivity contribution in [2.24, 2.45) is 0 Å². The van der Waals surface area contributed by atoms with Crippen LogP contribution in [0.3, 0.4) is 0 Å². The van der Waals surface area contributed by atoms with Crippen LogP contribution in [0, 0.1) is 0 Å². The molecule has 0 amide bonds. The molecule has 0 spiro atoms. The van der Waals surface area contributed by atoms with Gasteiger partial charge in [-0.3, -0.25) is 0 Å². The van der Waals surface area contributed by atoms with Crippen LogP contribution in [-0.2, 0) is 16.2 Å². The summed E-state index contributed by atoms with van der Waals surface area (Å²) >= 11 is 0. The van der Waals surface area contributed by atoms with E-state index in [4.69, 9.17) is 0 Å². The summed E-state index contributed by atoms with van der Waals surface area (Å²) in [5.74, 6) is 0. The van der Waals surface area contributed by atoms with Crippen LogP contribution in [0.4, 0.5) is 0 Å². The van der Waals surface area contributed by atoms with Crippen LogP contribution >= 0.6 is 0 Å². The Balaban J connectivity index is 0.851. The molecular formula is C99H112N2. The Labute approximate surface area is 606 Å². The number of nitrogens with zero attached hydrogens (tertiary/aromatic N) is 2. The Morgan fingerprint density at radius 1 is 0.208 bits per heavy atom. The van der Waals surface area contributed by atoms with Crippen molar-refractivity contribution in [3.8, 4) is 67.0 Å². The molecule has 101 heavy (non-hydrogen) atoms. The number of unbranched alkanes of at least 4 members (excludes halogenated alkanes) is 18. The fourth-order valence-electron chi connectivity index (χ4n) is 20.0. The lowest BCUT2D eigenvalue weighted by Gasteiger charge is -2.34. The van der Waals surface area contributed by atoms with Crippen molar-refractivity contribution in [1.82, 2.24) is 9.13 Å². The van der Waals surface area contributed by atoms with Gasteiger partial charge in [-0.05, 0) is 200 Å². The Hall–Kier alpha value is -8.20. The Kier molecular flexibility index (Phi) is 20.6. The average molecular weight is 1330 g/mol. The van der Waals surface area contributed by atoms with Crippen LogP contribution in [0.2, 0.25) is 0 Å². The van der Waals surface area contributed by atoms with E-state index in [0.717, 1.165) is 0 Å². The number of benzene rings is 10. The minimum absolute atomic E-state index is 0.0802. The normalized spacial score (nSPS) is 14.3. The van der Waals surface area contributed by atoms with Gasteiger partial charge in [0.05, 0.1) is 22.1 Å². The molecule has 10 aromatic carbocycles. The zero-order valence-corrected chi connectivity index (χ0v) is 62.2. The van der Waals surface area contributed by atoms with Crippen LogP contribution < -0.4 is 0 Å². The van der Waals surface area contributed by atoms with Gasteiger partial charge in [-0.2, -0.15) is 0 Å². The number of aromatic nitrogens is 2. The zero-order valence-electron chi connectivity index (χ0n) is 62.2. The van der Waals surface area contributed by atoms with Gasteiger partial charge in [0, 0.05) is 49.2 Å². The first-order valence-corrected chi connectivity index (χ1v) is 40.7. The highest BCUT2D eigenvalue weighted by atomic mass is 15.0. The number of para-hydroxylation sites is 4. The summed E-state index contributed by atoms with van der Waals surface area (Å²) in [7, 11) is 0. The molecule has 12 aromatic rings. The van der Waals surface area contributed by atoms with Crippen molar-refractivity contribution in [3.63, 3.8) is 0 Å². The van der Waals surface area contributed by atoms with E-state index in [2.05, 4.69) is 257 Å². The quantitative estimate of drug-likeness (QED) is 0.0356. The summed E-state index contributed by atoms with van der Waals surface area (Å²) in [4.78, 5) is 0. The molecule has 0 aliphatic heterocycles. The van der Waals surface area contributed by atoms with Gasteiger partial charge in [0.15, 0.2) is 0 Å². The van der Waals surface area contributed by atoms with Gasteiger partial charge >= 0.3 is 0 Å². The molecule has 0 atom stereocenters. The third-order valence-electron chi connectivity index (χ3n) is 25.1. The van der Waals surface area contributed by atoms with Crippen molar-refractivity contribution in [2.75, 3.05) is 0 Å². The van der Waals surface area contributed by atoms with Crippen LogP contribution in [0.15, 0.2) is 206 Å². The SMILES string of the molecule is CCCCCCC1(CCCCCC)c2cc(-c3ccc4c(c3)C(CCCCCC)(CCCCCC)c3cc(-n5c6ccccc6c6ccccc65)ccc3-4)ccc2-c2ccc(-c3ccc4c(c3)C(CCCCCC)(CCCCCC)c3cc(-n5c6ccccc6c6ccccc65)ccc3-4)cc21. The molecule has 0 fully saturated rings. The lowest BCUT2D eigenvalue weighted by Crippen LogP contribution is -2.26. The summed E-state index contributed by atoms with van der Waals surface area (Å²) in [5, 5.41) is 5.30. The number of hydrogen-bond donors (Lipinski definition) is 0. The van der Waals surface area contributed by atoms with Crippen molar-refractivity contribution in [2.45, 2.75) is 250 Å². The topological polar surface area (TPSA) is 9.86 Å². The van der Waals surface area contributed by atoms with Crippen LogP contribution in [-0.4, -0.2) is 9.13 Å². The number of fused-ring (bicyclic) bond motifs is 15. The van der Waals surface area contributed by atoms with Gasteiger partial charge in [0.2, 0.25) is 0 Å². The summed E-state index contributed by atoms with van der Waals surface area (Å²) < 4.78 is 5.12. The van der Waals surface area contributed by atoms with E-state index in [-0.39, 0.29) is 16.2 Å². The van der Waals surface area contributed by atoms with E-state index in [1.165, 1.54) is 303 Å². The predicted octanol–water partition coefficient (Wildman–Crippen LogP) is 29.8. The molecule has 15 rings (SSSR count). The van der Waals surface area contributed by atoms with E-state index in [1.807, 2.05) is 0 Å². The molecule has 518 valence electrons. The Morgan fingerprint density at radius 2 is 0.416 bits per heavy atom. The van der Waals surface area contributed by atoms with Crippen molar-refractivity contribution >= 4 is 43.6 Å². The molecule has 0 unspecified atom stereocenters. The highest BCUT2D eigenvalue weighted by Gasteiger charge is 2.47. The summed E-state index contributed by atoms with van der Waals surface area (Å²) in [6.45, 7) is 14.2. The molecule has 0 N–H and O–H groups in total. The molecular weight excluding hydrogens is 1220 g/mol. The summed E-state index contributed by atoms with van der Waals surface area (Å²) in [5.41, 5.74) is 31.1. The molecule has 2 heterocycles. The van der Waals surface area contributed by atoms with Gasteiger partial charge < -0.3 is 9.13 Å². The zero-order chi connectivity index (χ0) is 68.9. The highest BCUT2D eigenvalue weighted by molar-refractivity contribution is 6.10. The van der Waals surface area contributed by atoms with E-state index in [9.17, 15) is 0 Å². The molecule has 0 saturated carbocycles. The van der Waals surface area contributed by atoms with Crippen molar-refractivity contribution < 1.29 is 0 Å². The minimum atomic E-state index is -0.0882. The first kappa shape index (κ1) is 68.6. The molecule has 0 saturated heterocycles. The largest absolute Gasteiger partial charge is 0.309 e. The highest BCUT2D eigenvalue weighted by Crippen LogP contribution is 2.60. The summed E-state index contributed by atoms with van der Waals surface area (Å²) in [6.07, 6.45) is 37.4. The first-order chi connectivity index (χ1) is 49.8. The number of hydrogen-bond acceptors (Lipinski definition) is 0. The monoisotopic (exact) mass is 1330 g/mol. The maximum atomic E-state index is 2.74. The molecule has 2 aromatic heterocycles. The van der Waals surface area contributed by atoms with Crippen molar-refractivity contribution in [3.05, 3.63) is 240 Å². The van der Waals surface area contributed by atoms with Crippen LogP contribution in [0.1, 0.15) is 268 Å². The lowest BCUT2D eigenvalue weighted by molar-refractivity contribution is 0.400. The van der Waals surface area contributed by atoms with Gasteiger partial charge in [-0.15, -0.1) is 0 Å². The molecule has 3 aliphatic carbocycles. The molecule has 3 aliphatic rings. The average Bonchev–Trinajstić information content (AvgIpc) is 1.56. The molecule has 0 bridgehead atoms. The van der Waals surface area contributed by atoms with Gasteiger partial charge in [0.1, 0.15) is 0 Å². The second-order valence-corrected chi connectivity index (χ2v) is 31.4. The number of rotatable bonds is 34. The third kappa shape index (κ3) is 12.5. The van der Waals surface area contributed by atoms with Crippen LogP contribution in [0.25, 0.3) is 111 Å². The second kappa shape index (κ2) is 30.4. The van der Waals surface area contributed by atoms with Gasteiger partial charge in [-0.1, -0.05) is 329 Å². The fraction of sp³-hybridized carbons (Fsp3) is 0.394. The third-order valence-corrected chi connectivity index (χ3v) is 25.1. The molecule has 2 nitrogen and oxygen atoms in total. The van der Waals surface area contributed by atoms with E-state index in [1.54, 1.807) is 33.4 Å². The predicted molar refractivity (Wildman–Crippen MR) is 437 cm³/mol. The minimum Gasteiger partial charge on any atom is -0.309 e. The maximum Gasteiger partial charge on any atom is 0.0541 e. The van der Waals surface area contributed by atoms with E-state index >= 15 is 0 Å².